The van der Waals surface area contributed by atoms with Gasteiger partial charge in [-0.05, 0) is 25.5 Å². The highest BCUT2D eigenvalue weighted by Gasteiger charge is 2.11. The van der Waals surface area contributed by atoms with Crippen molar-refractivity contribution in [2.24, 2.45) is 0 Å². The Morgan fingerprint density at radius 1 is 1.50 bits per heavy atom. The Hall–Kier alpha value is -1.60. The van der Waals surface area contributed by atoms with E-state index in [-0.39, 0.29) is 6.04 Å². The average molecular weight is 219 g/mol. The summed E-state index contributed by atoms with van der Waals surface area (Å²) in [4.78, 5) is 6.21. The number of hydrogen-bond donors (Lipinski definition) is 1. The molecule has 0 aliphatic rings. The molecule has 2 unspecified atom stereocenters. The maximum Gasteiger partial charge on any atom is 0.128 e. The maximum absolute atomic E-state index is 9.35. The van der Waals surface area contributed by atoms with Crippen LogP contribution in [0, 0.1) is 11.3 Å². The SMILES string of the molecule is CC(O)c1ccc(N(C)C(C)CC#N)nc1. The second kappa shape index (κ2) is 5.47. The van der Waals surface area contributed by atoms with Gasteiger partial charge < -0.3 is 10.0 Å². The van der Waals surface area contributed by atoms with E-state index >= 15 is 0 Å². The molecule has 4 heteroatoms. The molecule has 4 nitrogen and oxygen atoms in total. The van der Waals surface area contributed by atoms with Crippen molar-refractivity contribution in [3.05, 3.63) is 23.9 Å². The summed E-state index contributed by atoms with van der Waals surface area (Å²) >= 11 is 0. The summed E-state index contributed by atoms with van der Waals surface area (Å²) in [5, 5.41) is 18.0. The highest BCUT2D eigenvalue weighted by Crippen LogP contribution is 2.17. The fourth-order valence-corrected chi connectivity index (χ4v) is 1.35. The predicted octanol–water partition coefficient (Wildman–Crippen LogP) is 1.87. The summed E-state index contributed by atoms with van der Waals surface area (Å²) in [6.07, 6.45) is 1.63. The first kappa shape index (κ1) is 12.5. The van der Waals surface area contributed by atoms with Crippen molar-refractivity contribution in [2.45, 2.75) is 32.4 Å². The average Bonchev–Trinajstić information content (AvgIpc) is 2.28. The van der Waals surface area contributed by atoms with Crippen molar-refractivity contribution in [1.82, 2.24) is 4.98 Å². The molecule has 0 fully saturated rings. The lowest BCUT2D eigenvalue weighted by Crippen LogP contribution is -2.29. The summed E-state index contributed by atoms with van der Waals surface area (Å²) < 4.78 is 0. The molecule has 0 saturated carbocycles. The first-order valence-corrected chi connectivity index (χ1v) is 5.30. The molecule has 1 aromatic rings. The van der Waals surface area contributed by atoms with E-state index in [9.17, 15) is 5.11 Å². The molecular formula is C12H17N3O. The number of nitriles is 1. The first-order valence-electron chi connectivity index (χ1n) is 5.30. The van der Waals surface area contributed by atoms with Crippen LogP contribution in [-0.4, -0.2) is 23.2 Å². The Kier molecular flexibility index (Phi) is 4.27. The molecule has 0 spiro atoms. The zero-order valence-electron chi connectivity index (χ0n) is 9.88. The van der Waals surface area contributed by atoms with Gasteiger partial charge in [0.15, 0.2) is 0 Å². The summed E-state index contributed by atoms with van der Waals surface area (Å²) in [5.74, 6) is 0.812. The van der Waals surface area contributed by atoms with Crippen LogP contribution < -0.4 is 4.90 Å². The lowest BCUT2D eigenvalue weighted by Gasteiger charge is -2.24. The molecule has 1 heterocycles. The second-order valence-corrected chi connectivity index (χ2v) is 3.95. The minimum absolute atomic E-state index is 0.134. The third kappa shape index (κ3) is 2.94. The highest BCUT2D eigenvalue weighted by atomic mass is 16.3. The van der Waals surface area contributed by atoms with Gasteiger partial charge in [-0.15, -0.1) is 0 Å². The summed E-state index contributed by atoms with van der Waals surface area (Å²) in [7, 11) is 1.91. The maximum atomic E-state index is 9.35. The molecule has 0 aliphatic carbocycles. The normalized spacial score (nSPS) is 13.9. The number of rotatable bonds is 4. The Bertz CT molecular complexity index is 367. The van der Waals surface area contributed by atoms with E-state index in [0.717, 1.165) is 11.4 Å². The van der Waals surface area contributed by atoms with Gasteiger partial charge in [-0.25, -0.2) is 4.98 Å². The molecule has 1 aromatic heterocycles. The number of anilines is 1. The zero-order valence-corrected chi connectivity index (χ0v) is 9.88. The van der Waals surface area contributed by atoms with E-state index in [1.807, 2.05) is 31.0 Å². The molecule has 0 aliphatic heterocycles. The zero-order chi connectivity index (χ0) is 12.1. The van der Waals surface area contributed by atoms with Gasteiger partial charge in [-0.2, -0.15) is 5.26 Å². The van der Waals surface area contributed by atoms with Crippen LogP contribution >= 0.6 is 0 Å². The number of aromatic nitrogens is 1. The molecular weight excluding hydrogens is 202 g/mol. The lowest BCUT2D eigenvalue weighted by atomic mass is 10.2. The number of hydrogen-bond acceptors (Lipinski definition) is 4. The molecule has 16 heavy (non-hydrogen) atoms. The quantitative estimate of drug-likeness (QED) is 0.839. The van der Waals surface area contributed by atoms with Gasteiger partial charge in [0.2, 0.25) is 0 Å². The number of aliphatic hydroxyl groups excluding tert-OH is 1. The smallest absolute Gasteiger partial charge is 0.128 e. The van der Waals surface area contributed by atoms with E-state index in [2.05, 4.69) is 11.1 Å². The topological polar surface area (TPSA) is 60.1 Å². The molecule has 1 N–H and O–H groups in total. The summed E-state index contributed by atoms with van der Waals surface area (Å²) in [5.41, 5.74) is 0.796. The van der Waals surface area contributed by atoms with Crippen LogP contribution in [0.25, 0.3) is 0 Å². The van der Waals surface area contributed by atoms with Crippen LogP contribution in [0.15, 0.2) is 18.3 Å². The van der Waals surface area contributed by atoms with Gasteiger partial charge in [0.05, 0.1) is 18.6 Å². The highest BCUT2D eigenvalue weighted by molar-refractivity contribution is 5.39. The molecule has 0 amide bonds. The van der Waals surface area contributed by atoms with E-state index in [1.54, 1.807) is 13.1 Å². The fraction of sp³-hybridized carbons (Fsp3) is 0.500. The summed E-state index contributed by atoms with van der Waals surface area (Å²) in [6, 6.07) is 5.98. The minimum Gasteiger partial charge on any atom is -0.389 e. The molecule has 0 radical (unpaired) electrons. The van der Waals surface area contributed by atoms with Gasteiger partial charge >= 0.3 is 0 Å². The van der Waals surface area contributed by atoms with Crippen LogP contribution in [0.5, 0.6) is 0 Å². The largest absolute Gasteiger partial charge is 0.389 e. The van der Waals surface area contributed by atoms with Crippen molar-refractivity contribution in [2.75, 3.05) is 11.9 Å². The Balaban J connectivity index is 2.78. The van der Waals surface area contributed by atoms with E-state index in [1.165, 1.54) is 0 Å². The van der Waals surface area contributed by atoms with E-state index in [4.69, 9.17) is 5.26 Å². The Morgan fingerprint density at radius 3 is 2.62 bits per heavy atom. The molecule has 86 valence electrons. The van der Waals surface area contributed by atoms with Crippen LogP contribution in [0.1, 0.15) is 31.9 Å². The van der Waals surface area contributed by atoms with Crippen molar-refractivity contribution < 1.29 is 5.11 Å². The molecule has 0 saturated heterocycles. The number of aliphatic hydroxyl groups is 1. The standard InChI is InChI=1S/C12H17N3O/c1-9(6-7-13)15(3)12-5-4-11(8-14-12)10(2)16/h4-5,8-10,16H,6H2,1-3H3. The molecule has 0 bridgehead atoms. The first-order chi connectivity index (χ1) is 7.56. The van der Waals surface area contributed by atoms with Crippen LogP contribution in [-0.2, 0) is 0 Å². The van der Waals surface area contributed by atoms with Crippen LogP contribution in [0.4, 0.5) is 5.82 Å². The molecule has 1 rings (SSSR count). The van der Waals surface area contributed by atoms with Crippen LogP contribution in [0.3, 0.4) is 0 Å². The van der Waals surface area contributed by atoms with Gasteiger partial charge in [0.25, 0.3) is 0 Å². The molecule has 0 aromatic carbocycles. The van der Waals surface area contributed by atoms with Gasteiger partial charge in [-0.3, -0.25) is 0 Å². The number of nitrogens with zero attached hydrogens (tertiary/aromatic N) is 3. The summed E-state index contributed by atoms with van der Waals surface area (Å²) in [6.45, 7) is 3.69. The molecule has 2 atom stereocenters. The third-order valence-electron chi connectivity index (χ3n) is 2.66. The lowest BCUT2D eigenvalue weighted by molar-refractivity contribution is 0.199. The van der Waals surface area contributed by atoms with Crippen molar-refractivity contribution >= 4 is 5.82 Å². The van der Waals surface area contributed by atoms with Crippen molar-refractivity contribution in [3.8, 4) is 6.07 Å². The van der Waals surface area contributed by atoms with E-state index in [0.29, 0.717) is 6.42 Å². The third-order valence-corrected chi connectivity index (χ3v) is 2.66. The monoisotopic (exact) mass is 219 g/mol. The van der Waals surface area contributed by atoms with E-state index < -0.39 is 6.10 Å². The fourth-order valence-electron chi connectivity index (χ4n) is 1.35. The Morgan fingerprint density at radius 2 is 2.19 bits per heavy atom. The predicted molar refractivity (Wildman–Crippen MR) is 63.0 cm³/mol. The van der Waals surface area contributed by atoms with Crippen LogP contribution in [0.2, 0.25) is 0 Å². The second-order valence-electron chi connectivity index (χ2n) is 3.95. The minimum atomic E-state index is -0.497. The van der Waals surface area contributed by atoms with Gasteiger partial charge in [-0.1, -0.05) is 6.07 Å². The Labute approximate surface area is 96.2 Å². The van der Waals surface area contributed by atoms with Crippen molar-refractivity contribution in [3.63, 3.8) is 0 Å². The number of pyridine rings is 1. The van der Waals surface area contributed by atoms with Gasteiger partial charge in [0.1, 0.15) is 5.82 Å². The van der Waals surface area contributed by atoms with Gasteiger partial charge in [0, 0.05) is 19.3 Å². The van der Waals surface area contributed by atoms with Crippen molar-refractivity contribution in [1.29, 1.82) is 5.26 Å².